The molecular weight excluding hydrogens is 258 g/mol. The van der Waals surface area contributed by atoms with Gasteiger partial charge in [-0.25, -0.2) is 0 Å². The molecule has 0 bridgehead atoms. The van der Waals surface area contributed by atoms with Gasteiger partial charge < -0.3 is 0 Å². The van der Waals surface area contributed by atoms with Crippen LogP contribution in [0.4, 0.5) is 0 Å². The molecule has 0 amide bonds. The summed E-state index contributed by atoms with van der Waals surface area (Å²) < 4.78 is 4.42. The molecule has 0 aliphatic rings. The van der Waals surface area contributed by atoms with Gasteiger partial charge in [0.1, 0.15) is 0 Å². The Labute approximate surface area is 80.8 Å². The van der Waals surface area contributed by atoms with E-state index in [1.165, 1.54) is 0 Å². The normalized spacial score (nSPS) is 12.7. The van der Waals surface area contributed by atoms with Crippen LogP contribution >= 0.6 is 12.9 Å². The topological polar surface area (TPSA) is 26.3 Å². The molecular formula is C6H13O2SSb. The Kier molecular flexibility index (Phi) is 6.76. The van der Waals surface area contributed by atoms with Crippen molar-refractivity contribution in [1.29, 1.82) is 0 Å². The van der Waals surface area contributed by atoms with Crippen LogP contribution in [-0.2, 0) is 8.98 Å². The summed E-state index contributed by atoms with van der Waals surface area (Å²) in [5, 5.41) is 0. The van der Waals surface area contributed by atoms with Crippen LogP contribution in [-0.4, -0.2) is 29.0 Å². The van der Waals surface area contributed by atoms with Gasteiger partial charge in [0.25, 0.3) is 0 Å². The van der Waals surface area contributed by atoms with Crippen molar-refractivity contribution in [2.24, 2.45) is 0 Å². The SMILES string of the molecule is CCCC[CH]([SbH2])C(=O)OS. The molecule has 0 rings (SSSR count). The van der Waals surface area contributed by atoms with Crippen LogP contribution in [0.25, 0.3) is 0 Å². The maximum atomic E-state index is 10.8. The molecule has 0 aliphatic heterocycles. The second-order valence-corrected chi connectivity index (χ2v) is 4.64. The van der Waals surface area contributed by atoms with Crippen LogP contribution in [0.5, 0.6) is 0 Å². The van der Waals surface area contributed by atoms with Crippen molar-refractivity contribution in [3.63, 3.8) is 0 Å². The number of rotatable bonds is 4. The molecule has 0 saturated carbocycles. The van der Waals surface area contributed by atoms with E-state index in [2.05, 4.69) is 24.0 Å². The number of thiol groups is 1. The number of carbonyl (C=O) groups excluding carboxylic acids is 1. The monoisotopic (exact) mass is 270 g/mol. The van der Waals surface area contributed by atoms with Crippen molar-refractivity contribution in [2.75, 3.05) is 0 Å². The molecule has 0 spiro atoms. The fourth-order valence-corrected chi connectivity index (χ4v) is 1.94. The summed E-state index contributed by atoms with van der Waals surface area (Å²) in [7, 11) is 0. The van der Waals surface area contributed by atoms with Gasteiger partial charge >= 0.3 is 80.9 Å². The minimum absolute atomic E-state index is 0.128. The molecule has 0 radical (unpaired) electrons. The van der Waals surface area contributed by atoms with E-state index in [-0.39, 0.29) is 9.83 Å². The van der Waals surface area contributed by atoms with Gasteiger partial charge in [0.15, 0.2) is 0 Å². The average Bonchev–Trinajstić information content (AvgIpc) is 1.98. The van der Waals surface area contributed by atoms with E-state index in [4.69, 9.17) is 0 Å². The van der Waals surface area contributed by atoms with Gasteiger partial charge in [-0.2, -0.15) is 0 Å². The molecule has 1 atom stereocenters. The fourth-order valence-electron chi connectivity index (χ4n) is 0.610. The second-order valence-electron chi connectivity index (χ2n) is 2.16. The Bertz CT molecular complexity index is 108. The first-order valence-corrected chi connectivity index (χ1v) is 5.60. The van der Waals surface area contributed by atoms with E-state index in [0.717, 1.165) is 42.3 Å². The van der Waals surface area contributed by atoms with Gasteiger partial charge in [-0.1, -0.05) is 0 Å². The third-order valence-electron chi connectivity index (χ3n) is 1.26. The summed E-state index contributed by atoms with van der Waals surface area (Å²) in [5.74, 6) is -0.167. The first-order chi connectivity index (χ1) is 4.72. The zero-order valence-electron chi connectivity index (χ0n) is 6.04. The quantitative estimate of drug-likeness (QED) is 0.469. The predicted octanol–water partition coefficient (Wildman–Crippen LogP) is 0.986. The third-order valence-corrected chi connectivity index (χ3v) is 3.17. The molecule has 2 nitrogen and oxygen atoms in total. The Morgan fingerprint density at radius 3 is 2.80 bits per heavy atom. The zero-order chi connectivity index (χ0) is 7.98. The Balaban J connectivity index is 3.41. The molecule has 0 fully saturated rings. The van der Waals surface area contributed by atoms with Crippen molar-refractivity contribution >= 4 is 41.9 Å². The van der Waals surface area contributed by atoms with Crippen molar-refractivity contribution in [3.05, 3.63) is 0 Å². The van der Waals surface area contributed by atoms with Gasteiger partial charge in [0, 0.05) is 0 Å². The van der Waals surface area contributed by atoms with E-state index in [1.807, 2.05) is 0 Å². The molecule has 0 aromatic rings. The van der Waals surface area contributed by atoms with E-state index in [9.17, 15) is 4.79 Å². The number of hydrogen-bond acceptors (Lipinski definition) is 3. The summed E-state index contributed by atoms with van der Waals surface area (Å²) in [6.07, 6.45) is 3.20. The van der Waals surface area contributed by atoms with Gasteiger partial charge in [-0.3, -0.25) is 0 Å². The van der Waals surface area contributed by atoms with Crippen LogP contribution in [0, 0.1) is 0 Å². The minimum atomic E-state index is -0.167. The van der Waals surface area contributed by atoms with Crippen LogP contribution in [0.2, 0.25) is 3.86 Å². The summed E-state index contributed by atoms with van der Waals surface area (Å²) in [4.78, 5) is 10.8. The molecule has 0 aliphatic carbocycles. The van der Waals surface area contributed by atoms with Gasteiger partial charge in [0.2, 0.25) is 0 Å². The van der Waals surface area contributed by atoms with Crippen molar-refractivity contribution in [2.45, 2.75) is 30.1 Å². The number of carbonyl (C=O) groups is 1. The van der Waals surface area contributed by atoms with Crippen LogP contribution < -0.4 is 0 Å². The Morgan fingerprint density at radius 1 is 1.80 bits per heavy atom. The third kappa shape index (κ3) is 4.45. The van der Waals surface area contributed by atoms with Crippen LogP contribution in [0.3, 0.4) is 0 Å². The first kappa shape index (κ1) is 10.6. The van der Waals surface area contributed by atoms with Gasteiger partial charge in [0.05, 0.1) is 0 Å². The summed E-state index contributed by atoms with van der Waals surface area (Å²) in [5.41, 5.74) is 0. The number of hydrogen-bond donors (Lipinski definition) is 1. The molecule has 10 heavy (non-hydrogen) atoms. The molecule has 0 aromatic carbocycles. The number of unbranched alkanes of at least 4 members (excludes halogenated alkanes) is 1. The van der Waals surface area contributed by atoms with Crippen molar-refractivity contribution in [3.8, 4) is 0 Å². The van der Waals surface area contributed by atoms with Gasteiger partial charge in [-0.15, -0.1) is 0 Å². The second kappa shape index (κ2) is 6.35. The average molecular weight is 271 g/mol. The molecule has 1 unspecified atom stereocenters. The molecule has 60 valence electrons. The summed E-state index contributed by atoms with van der Waals surface area (Å²) in [6.45, 7) is 2.11. The molecule has 0 N–H and O–H groups in total. The molecule has 0 aromatic heterocycles. The standard InChI is InChI=1S/C6H11O2S.Sb.2H/c1-2-3-4-5-6(7)8-9;;;/h5,9H,2-4H2,1H3;;;. The predicted molar refractivity (Wildman–Crippen MR) is 46.9 cm³/mol. The maximum absolute atomic E-state index is 10.8. The molecule has 0 saturated heterocycles. The van der Waals surface area contributed by atoms with Gasteiger partial charge in [-0.05, 0) is 0 Å². The fraction of sp³-hybridized carbons (Fsp3) is 0.833. The zero-order valence-corrected chi connectivity index (χ0v) is 10.2. The van der Waals surface area contributed by atoms with E-state index in [1.54, 1.807) is 0 Å². The Hall–Kier alpha value is 0.638. The van der Waals surface area contributed by atoms with Crippen molar-refractivity contribution in [1.82, 2.24) is 0 Å². The first-order valence-electron chi connectivity index (χ1n) is 3.33. The van der Waals surface area contributed by atoms with E-state index < -0.39 is 0 Å². The van der Waals surface area contributed by atoms with Crippen LogP contribution in [0.15, 0.2) is 0 Å². The van der Waals surface area contributed by atoms with Crippen molar-refractivity contribution < 1.29 is 8.98 Å². The van der Waals surface area contributed by atoms with E-state index in [0.29, 0.717) is 0 Å². The summed E-state index contributed by atoms with van der Waals surface area (Å²) >= 11 is 4.38. The summed E-state index contributed by atoms with van der Waals surface area (Å²) in [6, 6.07) is 0. The van der Waals surface area contributed by atoms with Crippen LogP contribution in [0.1, 0.15) is 26.2 Å². The van der Waals surface area contributed by atoms with E-state index >= 15 is 0 Å². The Morgan fingerprint density at radius 2 is 2.40 bits per heavy atom. The molecule has 4 heteroatoms. The molecule has 0 heterocycles.